The molecule has 0 atom stereocenters. The molecule has 29 heavy (non-hydrogen) atoms. The molecule has 0 heterocycles. The van der Waals surface area contributed by atoms with Crippen LogP contribution in [0.3, 0.4) is 0 Å². The van der Waals surface area contributed by atoms with Crippen LogP contribution in [0.1, 0.15) is 11.1 Å². The average Bonchev–Trinajstić information content (AvgIpc) is 2.56. The predicted octanol–water partition coefficient (Wildman–Crippen LogP) is 3.11. The zero-order chi connectivity index (χ0) is 20.9. The molecule has 8 nitrogen and oxygen atoms in total. The number of hydrogen-bond donors (Lipinski definition) is 4. The minimum absolute atomic E-state index is 0. The Morgan fingerprint density at radius 1 is 0.828 bits per heavy atom. The van der Waals surface area contributed by atoms with Crippen LogP contribution in [0.2, 0.25) is 0 Å². The summed E-state index contributed by atoms with van der Waals surface area (Å²) < 4.78 is 32.0. The van der Waals surface area contributed by atoms with E-state index in [4.69, 9.17) is 18.8 Å². The molecule has 2 aromatic rings. The SMILES string of the molecule is C=CCc1ccc(OP(=O)(O)O)c(-c2ccc(OP(=O)(O)O)c(CC=C)c2)c1.[NaH]. The monoisotopic (exact) mass is 450 g/mol. The van der Waals surface area contributed by atoms with Crippen molar-refractivity contribution in [3.05, 3.63) is 72.8 Å². The first-order valence-electron chi connectivity index (χ1n) is 8.00. The summed E-state index contributed by atoms with van der Waals surface area (Å²) in [6, 6.07) is 9.27. The van der Waals surface area contributed by atoms with Gasteiger partial charge in [0.1, 0.15) is 11.5 Å². The number of allylic oxidation sites excluding steroid dienone is 2. The number of rotatable bonds is 9. The molecule has 0 spiro atoms. The summed E-state index contributed by atoms with van der Waals surface area (Å²) >= 11 is 0. The first-order chi connectivity index (χ1) is 13.0. The maximum atomic E-state index is 11.3. The Morgan fingerprint density at radius 2 is 1.38 bits per heavy atom. The molecule has 0 aromatic heterocycles. The van der Waals surface area contributed by atoms with Crippen LogP contribution in [-0.4, -0.2) is 49.1 Å². The van der Waals surface area contributed by atoms with Crippen molar-refractivity contribution < 1.29 is 37.8 Å². The third-order valence-corrected chi connectivity index (χ3v) is 4.46. The molecular weight excluding hydrogens is 429 g/mol. The van der Waals surface area contributed by atoms with Gasteiger partial charge in [-0.15, -0.1) is 13.2 Å². The van der Waals surface area contributed by atoms with E-state index in [-0.39, 0.29) is 47.5 Å². The van der Waals surface area contributed by atoms with Crippen molar-refractivity contribution in [2.45, 2.75) is 12.8 Å². The average molecular weight is 450 g/mol. The predicted molar refractivity (Wildman–Crippen MR) is 112 cm³/mol. The van der Waals surface area contributed by atoms with E-state index in [2.05, 4.69) is 13.2 Å². The number of hydrogen-bond acceptors (Lipinski definition) is 4. The second-order valence-electron chi connectivity index (χ2n) is 5.80. The van der Waals surface area contributed by atoms with Crippen LogP contribution in [0, 0.1) is 0 Å². The molecule has 2 rings (SSSR count). The van der Waals surface area contributed by atoms with Gasteiger partial charge in [-0.25, -0.2) is 9.13 Å². The van der Waals surface area contributed by atoms with Crippen LogP contribution in [0.4, 0.5) is 0 Å². The van der Waals surface area contributed by atoms with Gasteiger partial charge in [-0.3, -0.25) is 19.6 Å². The molecule has 0 saturated heterocycles. The van der Waals surface area contributed by atoms with E-state index in [1.807, 2.05) is 0 Å². The molecule has 0 saturated carbocycles. The zero-order valence-corrected chi connectivity index (χ0v) is 16.6. The molecule has 152 valence electrons. The number of phosphoric acid groups is 2. The van der Waals surface area contributed by atoms with Gasteiger partial charge in [-0.05, 0) is 53.8 Å². The molecule has 0 aliphatic rings. The second-order valence-corrected chi connectivity index (χ2v) is 8.13. The van der Waals surface area contributed by atoms with E-state index < -0.39 is 15.6 Å². The van der Waals surface area contributed by atoms with Gasteiger partial charge in [0.05, 0.1) is 0 Å². The van der Waals surface area contributed by atoms with Crippen LogP contribution in [0.25, 0.3) is 11.1 Å². The summed E-state index contributed by atoms with van der Waals surface area (Å²) in [6.45, 7) is 7.28. The molecule has 0 aliphatic carbocycles. The van der Waals surface area contributed by atoms with E-state index in [0.717, 1.165) is 5.56 Å². The van der Waals surface area contributed by atoms with Crippen LogP contribution in [0.5, 0.6) is 11.5 Å². The normalized spacial score (nSPS) is 11.3. The zero-order valence-electron chi connectivity index (χ0n) is 14.8. The van der Waals surface area contributed by atoms with Gasteiger partial charge >= 0.3 is 45.2 Å². The van der Waals surface area contributed by atoms with Gasteiger partial charge in [-0.1, -0.05) is 24.3 Å². The third-order valence-electron chi connectivity index (χ3n) is 3.59. The Hall–Kier alpha value is -1.18. The summed E-state index contributed by atoms with van der Waals surface area (Å²) in [5.41, 5.74) is 2.19. The number of benzene rings is 2. The van der Waals surface area contributed by atoms with Crippen molar-refractivity contribution in [2.24, 2.45) is 0 Å². The van der Waals surface area contributed by atoms with E-state index in [9.17, 15) is 18.9 Å². The first-order valence-corrected chi connectivity index (χ1v) is 11.1. The van der Waals surface area contributed by atoms with Crippen molar-refractivity contribution >= 4 is 45.2 Å². The first kappa shape index (κ1) is 25.9. The fourth-order valence-electron chi connectivity index (χ4n) is 2.58. The molecule has 0 amide bonds. The molecule has 0 aliphatic heterocycles. The van der Waals surface area contributed by atoms with Crippen LogP contribution in [-0.2, 0) is 22.0 Å². The molecule has 0 fully saturated rings. The van der Waals surface area contributed by atoms with Crippen LogP contribution < -0.4 is 9.05 Å². The third kappa shape index (κ3) is 8.22. The molecule has 0 bridgehead atoms. The van der Waals surface area contributed by atoms with Crippen LogP contribution in [0.15, 0.2) is 61.7 Å². The van der Waals surface area contributed by atoms with Crippen molar-refractivity contribution in [3.63, 3.8) is 0 Å². The molecule has 2 aromatic carbocycles. The van der Waals surface area contributed by atoms with Gasteiger partial charge in [-0.2, -0.15) is 0 Å². The van der Waals surface area contributed by atoms with E-state index in [0.29, 0.717) is 23.1 Å². The quantitative estimate of drug-likeness (QED) is 0.260. The van der Waals surface area contributed by atoms with Gasteiger partial charge in [0.25, 0.3) is 0 Å². The van der Waals surface area contributed by atoms with Gasteiger partial charge in [0, 0.05) is 5.56 Å². The van der Waals surface area contributed by atoms with E-state index >= 15 is 0 Å². The summed E-state index contributed by atoms with van der Waals surface area (Å²) in [4.78, 5) is 36.5. The Kier molecular flexibility index (Phi) is 9.57. The van der Waals surface area contributed by atoms with Gasteiger partial charge in [0.2, 0.25) is 0 Å². The van der Waals surface area contributed by atoms with E-state index in [1.165, 1.54) is 24.3 Å². The summed E-state index contributed by atoms with van der Waals surface area (Å²) in [5, 5.41) is 0. The van der Waals surface area contributed by atoms with Crippen molar-refractivity contribution in [2.75, 3.05) is 0 Å². The number of phosphoric ester groups is 2. The van der Waals surface area contributed by atoms with Crippen molar-refractivity contribution in [1.29, 1.82) is 0 Å². The fourth-order valence-corrected chi connectivity index (χ4v) is 3.43. The maximum absolute atomic E-state index is 11.3. The topological polar surface area (TPSA) is 134 Å². The Balaban J connectivity index is 0.00000420. The van der Waals surface area contributed by atoms with Gasteiger partial charge in [0.15, 0.2) is 0 Å². The van der Waals surface area contributed by atoms with Gasteiger partial charge < -0.3 is 9.05 Å². The second kappa shape index (κ2) is 10.7. The summed E-state index contributed by atoms with van der Waals surface area (Å²) in [7, 11) is -9.54. The Bertz CT molecular complexity index is 980. The fraction of sp³-hybridized carbons (Fsp3) is 0.111. The summed E-state index contributed by atoms with van der Waals surface area (Å²) in [6.07, 6.45) is 4.00. The van der Waals surface area contributed by atoms with Crippen molar-refractivity contribution in [3.8, 4) is 22.6 Å². The minimum atomic E-state index is -4.79. The Labute approximate surface area is 190 Å². The summed E-state index contributed by atoms with van der Waals surface area (Å²) in [5.74, 6) is -0.0500. The van der Waals surface area contributed by atoms with E-state index in [1.54, 1.807) is 24.3 Å². The standard InChI is InChI=1S/C18H20O8P2.Na.H/c1-3-5-13-7-9-18(26-28(22,23)24)16(11-13)14-8-10-17(25-27(19,20)21)15(12-14)6-4-2;;/h3-4,7-12H,1-2,5-6H2,(H2,19,20,21)(H2,22,23,24);;. The Morgan fingerprint density at radius 3 is 1.93 bits per heavy atom. The molecule has 0 unspecified atom stereocenters. The molecule has 0 radical (unpaired) electrons. The van der Waals surface area contributed by atoms with Crippen molar-refractivity contribution in [1.82, 2.24) is 0 Å². The molecule has 4 N–H and O–H groups in total. The molecular formula is C18H21NaO8P2. The molecule has 11 heteroatoms. The van der Waals surface area contributed by atoms with Crippen LogP contribution >= 0.6 is 15.6 Å².